The van der Waals surface area contributed by atoms with Gasteiger partial charge in [0.05, 0.1) is 12.9 Å². The van der Waals surface area contributed by atoms with Gasteiger partial charge in [-0.1, -0.05) is 19.1 Å². The largest absolute Gasteiger partial charge is 0.496 e. The number of aryl methyl sites for hydroxylation is 1. The second kappa shape index (κ2) is 6.02. The van der Waals surface area contributed by atoms with E-state index < -0.39 is 10.0 Å². The van der Waals surface area contributed by atoms with Gasteiger partial charge in [0, 0.05) is 6.54 Å². The van der Waals surface area contributed by atoms with Gasteiger partial charge in [-0.15, -0.1) is 0 Å². The van der Waals surface area contributed by atoms with E-state index in [1.165, 1.54) is 0 Å². The maximum absolute atomic E-state index is 11.5. The number of benzene rings is 1. The Morgan fingerprint density at radius 1 is 1.35 bits per heavy atom. The van der Waals surface area contributed by atoms with Crippen molar-refractivity contribution < 1.29 is 13.2 Å². The van der Waals surface area contributed by atoms with Gasteiger partial charge in [-0.05, 0) is 30.5 Å². The molecule has 0 saturated heterocycles. The summed E-state index contributed by atoms with van der Waals surface area (Å²) in [7, 11) is -1.52. The molecule has 0 aliphatic rings. The normalized spacial score (nSPS) is 11.5. The summed E-state index contributed by atoms with van der Waals surface area (Å²) in [6.07, 6.45) is 0.622. The van der Waals surface area contributed by atoms with Crippen molar-refractivity contribution in [1.82, 2.24) is 4.72 Å². The van der Waals surface area contributed by atoms with Crippen LogP contribution in [0.5, 0.6) is 5.75 Å². The lowest BCUT2D eigenvalue weighted by Gasteiger charge is -2.08. The molecule has 0 aliphatic heterocycles. The first-order valence-corrected chi connectivity index (χ1v) is 7.24. The highest BCUT2D eigenvalue weighted by Crippen LogP contribution is 2.18. The van der Waals surface area contributed by atoms with Gasteiger partial charge >= 0.3 is 0 Å². The SMILES string of the molecule is CCCS(=O)(=O)NCc1ccc(OC)c(C)c1. The molecule has 0 spiro atoms. The Hall–Kier alpha value is -1.07. The van der Waals surface area contributed by atoms with Crippen LogP contribution in [0.15, 0.2) is 18.2 Å². The molecule has 0 amide bonds. The summed E-state index contributed by atoms with van der Waals surface area (Å²) in [5, 5.41) is 0. The van der Waals surface area contributed by atoms with Crippen molar-refractivity contribution in [2.75, 3.05) is 12.9 Å². The predicted molar refractivity (Wildman–Crippen MR) is 68.6 cm³/mol. The monoisotopic (exact) mass is 257 g/mol. The molecular weight excluding hydrogens is 238 g/mol. The molecule has 0 aromatic heterocycles. The van der Waals surface area contributed by atoms with Crippen LogP contribution in [0.4, 0.5) is 0 Å². The molecule has 5 heteroatoms. The van der Waals surface area contributed by atoms with E-state index in [4.69, 9.17) is 4.74 Å². The smallest absolute Gasteiger partial charge is 0.211 e. The van der Waals surface area contributed by atoms with Crippen molar-refractivity contribution in [1.29, 1.82) is 0 Å². The fraction of sp³-hybridized carbons (Fsp3) is 0.500. The van der Waals surface area contributed by atoms with Crippen molar-refractivity contribution in [3.05, 3.63) is 29.3 Å². The van der Waals surface area contributed by atoms with Gasteiger partial charge in [-0.2, -0.15) is 0 Å². The van der Waals surface area contributed by atoms with Crippen molar-refractivity contribution in [2.24, 2.45) is 0 Å². The zero-order valence-electron chi connectivity index (χ0n) is 10.5. The standard InChI is InChI=1S/C12H19NO3S/c1-4-7-17(14,15)13-9-11-5-6-12(16-3)10(2)8-11/h5-6,8,13H,4,7,9H2,1-3H3. The van der Waals surface area contributed by atoms with E-state index in [1.807, 2.05) is 32.0 Å². The van der Waals surface area contributed by atoms with Crippen LogP contribution in [0, 0.1) is 6.92 Å². The van der Waals surface area contributed by atoms with Gasteiger partial charge < -0.3 is 4.74 Å². The van der Waals surface area contributed by atoms with E-state index in [0.717, 1.165) is 16.9 Å². The molecule has 0 fully saturated rings. The van der Waals surface area contributed by atoms with Crippen LogP contribution in [0.1, 0.15) is 24.5 Å². The highest BCUT2D eigenvalue weighted by atomic mass is 32.2. The van der Waals surface area contributed by atoms with Gasteiger partial charge in [-0.25, -0.2) is 13.1 Å². The van der Waals surface area contributed by atoms with Crippen molar-refractivity contribution >= 4 is 10.0 Å². The van der Waals surface area contributed by atoms with E-state index in [-0.39, 0.29) is 5.75 Å². The van der Waals surface area contributed by atoms with Crippen LogP contribution in [0.3, 0.4) is 0 Å². The first-order chi connectivity index (χ1) is 7.98. The van der Waals surface area contributed by atoms with Crippen LogP contribution >= 0.6 is 0 Å². The van der Waals surface area contributed by atoms with Crippen LogP contribution in [0.2, 0.25) is 0 Å². The maximum Gasteiger partial charge on any atom is 0.211 e. The van der Waals surface area contributed by atoms with Gasteiger partial charge in [0.25, 0.3) is 0 Å². The molecule has 96 valence electrons. The molecule has 1 rings (SSSR count). The molecule has 0 heterocycles. The minimum Gasteiger partial charge on any atom is -0.496 e. The van der Waals surface area contributed by atoms with Crippen molar-refractivity contribution in [3.63, 3.8) is 0 Å². The number of rotatable bonds is 6. The average molecular weight is 257 g/mol. The molecule has 0 aliphatic carbocycles. The zero-order valence-corrected chi connectivity index (χ0v) is 11.3. The van der Waals surface area contributed by atoms with Gasteiger partial charge in [0.1, 0.15) is 5.75 Å². The van der Waals surface area contributed by atoms with Crippen LogP contribution in [-0.4, -0.2) is 21.3 Å². The molecule has 0 radical (unpaired) electrons. The van der Waals surface area contributed by atoms with E-state index in [0.29, 0.717) is 13.0 Å². The van der Waals surface area contributed by atoms with Crippen molar-refractivity contribution in [2.45, 2.75) is 26.8 Å². The van der Waals surface area contributed by atoms with Crippen LogP contribution < -0.4 is 9.46 Å². The first kappa shape index (κ1) is 14.0. The second-order valence-electron chi connectivity index (χ2n) is 3.94. The van der Waals surface area contributed by atoms with E-state index in [9.17, 15) is 8.42 Å². The quantitative estimate of drug-likeness (QED) is 0.846. The molecule has 4 nitrogen and oxygen atoms in total. The van der Waals surface area contributed by atoms with Gasteiger partial charge in [-0.3, -0.25) is 0 Å². The molecule has 1 aromatic rings. The Morgan fingerprint density at radius 3 is 2.59 bits per heavy atom. The zero-order chi connectivity index (χ0) is 12.9. The molecule has 0 atom stereocenters. The summed E-state index contributed by atoms with van der Waals surface area (Å²) in [6, 6.07) is 5.63. The molecule has 1 N–H and O–H groups in total. The van der Waals surface area contributed by atoms with E-state index in [2.05, 4.69) is 4.72 Å². The van der Waals surface area contributed by atoms with Gasteiger partial charge in [0.2, 0.25) is 10.0 Å². The molecule has 0 saturated carbocycles. The molecular formula is C12H19NO3S. The lowest BCUT2D eigenvalue weighted by molar-refractivity contribution is 0.411. The molecule has 0 unspecified atom stereocenters. The lowest BCUT2D eigenvalue weighted by Crippen LogP contribution is -2.25. The summed E-state index contributed by atoms with van der Waals surface area (Å²) >= 11 is 0. The summed E-state index contributed by atoms with van der Waals surface area (Å²) in [5.74, 6) is 0.979. The molecule has 1 aromatic carbocycles. The Labute approximate surface area is 103 Å². The third-order valence-corrected chi connectivity index (χ3v) is 3.96. The summed E-state index contributed by atoms with van der Waals surface area (Å²) in [5.41, 5.74) is 1.93. The minimum atomic E-state index is -3.14. The number of sulfonamides is 1. The molecule has 17 heavy (non-hydrogen) atoms. The number of hydrogen-bond donors (Lipinski definition) is 1. The maximum atomic E-state index is 11.5. The Kier molecular flexibility index (Phi) is 4.96. The number of methoxy groups -OCH3 is 1. The fourth-order valence-corrected chi connectivity index (χ4v) is 2.65. The highest BCUT2D eigenvalue weighted by molar-refractivity contribution is 7.89. The number of nitrogens with one attached hydrogen (secondary N) is 1. The fourth-order valence-electron chi connectivity index (χ4n) is 1.58. The van der Waals surface area contributed by atoms with Crippen LogP contribution in [0.25, 0.3) is 0 Å². The first-order valence-electron chi connectivity index (χ1n) is 5.59. The lowest BCUT2D eigenvalue weighted by atomic mass is 10.1. The number of hydrogen-bond acceptors (Lipinski definition) is 3. The summed E-state index contributed by atoms with van der Waals surface area (Å²) in [4.78, 5) is 0. The minimum absolute atomic E-state index is 0.169. The molecule has 0 bridgehead atoms. The Balaban J connectivity index is 2.67. The van der Waals surface area contributed by atoms with E-state index >= 15 is 0 Å². The van der Waals surface area contributed by atoms with E-state index in [1.54, 1.807) is 7.11 Å². The topological polar surface area (TPSA) is 55.4 Å². The average Bonchev–Trinajstić information content (AvgIpc) is 2.27. The third kappa shape index (κ3) is 4.36. The highest BCUT2D eigenvalue weighted by Gasteiger charge is 2.08. The predicted octanol–water partition coefficient (Wildman–Crippen LogP) is 1.83. The van der Waals surface area contributed by atoms with Crippen LogP contribution in [-0.2, 0) is 16.6 Å². The third-order valence-electron chi connectivity index (χ3n) is 2.43. The van der Waals surface area contributed by atoms with Crippen molar-refractivity contribution in [3.8, 4) is 5.75 Å². The summed E-state index contributed by atoms with van der Waals surface area (Å²) in [6.45, 7) is 4.10. The Morgan fingerprint density at radius 2 is 2.06 bits per heavy atom. The second-order valence-corrected chi connectivity index (χ2v) is 5.87. The Bertz CT molecular complexity index is 469. The van der Waals surface area contributed by atoms with Gasteiger partial charge in [0.15, 0.2) is 0 Å². The number of ether oxygens (including phenoxy) is 1. The summed E-state index contributed by atoms with van der Waals surface area (Å²) < 4.78 is 30.7.